The molecule has 0 aromatic rings. The van der Waals surface area contributed by atoms with E-state index in [-0.39, 0.29) is 13.2 Å². The summed E-state index contributed by atoms with van der Waals surface area (Å²) in [5.74, 6) is 0. The fourth-order valence-corrected chi connectivity index (χ4v) is 1.65. The minimum absolute atomic E-state index is 0.216. The summed E-state index contributed by atoms with van der Waals surface area (Å²) >= 11 is 0. The summed E-state index contributed by atoms with van der Waals surface area (Å²) < 4.78 is 9.15. The zero-order chi connectivity index (χ0) is 19.6. The van der Waals surface area contributed by atoms with Crippen LogP contribution in [0, 0.1) is 0 Å². The minimum atomic E-state index is -0.725. The highest BCUT2D eigenvalue weighted by molar-refractivity contribution is 5.78. The lowest BCUT2D eigenvalue weighted by atomic mass is 10.2. The molecule has 6 amide bonds. The Morgan fingerprint density at radius 2 is 1.00 bits per heavy atom. The SMILES string of the molecule is CCOC(=O)NNC(=O)NCCCCCCNC(=O)NNC(=O)OCC. The fourth-order valence-electron chi connectivity index (χ4n) is 1.65. The van der Waals surface area contributed by atoms with Crippen molar-refractivity contribution in [2.24, 2.45) is 0 Å². The molecule has 0 fully saturated rings. The molecular weight excluding hydrogens is 348 g/mol. The molecule has 150 valence electrons. The van der Waals surface area contributed by atoms with E-state index in [1.807, 2.05) is 0 Å². The predicted octanol–water partition coefficient (Wildman–Crippen LogP) is 0.467. The van der Waals surface area contributed by atoms with Crippen molar-refractivity contribution in [2.75, 3.05) is 26.3 Å². The van der Waals surface area contributed by atoms with Gasteiger partial charge >= 0.3 is 24.2 Å². The van der Waals surface area contributed by atoms with E-state index in [1.165, 1.54) is 0 Å². The molecule has 0 bridgehead atoms. The van der Waals surface area contributed by atoms with Crippen LogP contribution in [0.2, 0.25) is 0 Å². The highest BCUT2D eigenvalue weighted by atomic mass is 16.6. The second-order valence-corrected chi connectivity index (χ2v) is 4.87. The number of unbranched alkanes of at least 4 members (excludes halogenated alkanes) is 3. The van der Waals surface area contributed by atoms with Crippen molar-refractivity contribution in [3.8, 4) is 0 Å². The van der Waals surface area contributed by atoms with Gasteiger partial charge in [0.05, 0.1) is 13.2 Å². The van der Waals surface area contributed by atoms with Crippen molar-refractivity contribution < 1.29 is 28.7 Å². The summed E-state index contributed by atoms with van der Waals surface area (Å²) in [7, 11) is 0. The minimum Gasteiger partial charge on any atom is -0.449 e. The van der Waals surface area contributed by atoms with Gasteiger partial charge in [0.25, 0.3) is 0 Å². The first kappa shape index (κ1) is 23.1. The molecule has 6 N–H and O–H groups in total. The normalized spacial score (nSPS) is 9.46. The summed E-state index contributed by atoms with van der Waals surface area (Å²) in [6.07, 6.45) is 1.77. The van der Waals surface area contributed by atoms with Gasteiger partial charge in [-0.05, 0) is 26.7 Å². The van der Waals surface area contributed by atoms with E-state index in [0.717, 1.165) is 25.7 Å². The average molecular weight is 376 g/mol. The van der Waals surface area contributed by atoms with Crippen LogP contribution in [0.5, 0.6) is 0 Å². The number of hydrogen-bond donors (Lipinski definition) is 6. The Bertz CT molecular complexity index is 408. The molecule has 0 saturated carbocycles. The van der Waals surface area contributed by atoms with E-state index in [2.05, 4.69) is 41.8 Å². The standard InChI is InChI=1S/C14H28N6O6/c1-3-25-13(23)19-17-11(21)15-9-7-5-6-8-10-16-12(22)18-20-14(24)26-4-2/h3-10H2,1-2H3,(H,19,23)(H,20,24)(H2,15,17,21)(H2,16,18,22). The van der Waals surface area contributed by atoms with Gasteiger partial charge in [-0.25, -0.2) is 40.9 Å². The molecule has 0 aromatic carbocycles. The monoisotopic (exact) mass is 376 g/mol. The molecular formula is C14H28N6O6. The van der Waals surface area contributed by atoms with Crippen molar-refractivity contribution in [3.63, 3.8) is 0 Å². The maximum absolute atomic E-state index is 11.3. The smallest absolute Gasteiger partial charge is 0.426 e. The lowest BCUT2D eigenvalue weighted by Crippen LogP contribution is -2.47. The number of nitrogens with one attached hydrogen (secondary N) is 6. The van der Waals surface area contributed by atoms with Crippen LogP contribution in [0.25, 0.3) is 0 Å². The third-order valence-electron chi connectivity index (χ3n) is 2.78. The number of hydrogen-bond acceptors (Lipinski definition) is 6. The molecule has 0 spiro atoms. The summed E-state index contributed by atoms with van der Waals surface area (Å²) in [6.45, 7) is 4.65. The fraction of sp³-hybridized carbons (Fsp3) is 0.714. The van der Waals surface area contributed by atoms with Gasteiger partial charge in [0, 0.05) is 13.1 Å². The Balaban J connectivity index is 3.42. The summed E-state index contributed by atoms with van der Waals surface area (Å²) in [5.41, 5.74) is 8.47. The van der Waals surface area contributed by atoms with E-state index in [4.69, 9.17) is 0 Å². The van der Waals surface area contributed by atoms with Crippen LogP contribution in [0.3, 0.4) is 0 Å². The molecule has 0 heterocycles. The zero-order valence-corrected chi connectivity index (χ0v) is 15.1. The Morgan fingerprint density at radius 1 is 0.615 bits per heavy atom. The Labute approximate surface area is 152 Å². The van der Waals surface area contributed by atoms with Crippen molar-refractivity contribution in [1.29, 1.82) is 0 Å². The maximum Gasteiger partial charge on any atom is 0.426 e. The molecule has 0 saturated heterocycles. The lowest BCUT2D eigenvalue weighted by Gasteiger charge is -2.09. The number of carbonyl (C=O) groups is 4. The first-order valence-electron chi connectivity index (χ1n) is 8.42. The Morgan fingerprint density at radius 3 is 1.35 bits per heavy atom. The Kier molecular flexibility index (Phi) is 13.8. The molecule has 0 aliphatic carbocycles. The van der Waals surface area contributed by atoms with Crippen LogP contribution in [-0.2, 0) is 9.47 Å². The van der Waals surface area contributed by atoms with E-state index in [9.17, 15) is 19.2 Å². The van der Waals surface area contributed by atoms with E-state index in [0.29, 0.717) is 13.1 Å². The summed E-state index contributed by atoms with van der Waals surface area (Å²) in [4.78, 5) is 44.5. The quantitative estimate of drug-likeness (QED) is 0.253. The number of rotatable bonds is 9. The van der Waals surface area contributed by atoms with E-state index < -0.39 is 24.2 Å². The van der Waals surface area contributed by atoms with Gasteiger partial charge in [0.1, 0.15) is 0 Å². The number of carbonyl (C=O) groups excluding carboxylic acids is 4. The lowest BCUT2D eigenvalue weighted by molar-refractivity contribution is 0.146. The van der Waals surface area contributed by atoms with Crippen LogP contribution in [0.1, 0.15) is 39.5 Å². The molecule has 12 heteroatoms. The van der Waals surface area contributed by atoms with Gasteiger partial charge < -0.3 is 20.1 Å². The average Bonchev–Trinajstić information content (AvgIpc) is 2.61. The first-order chi connectivity index (χ1) is 12.5. The van der Waals surface area contributed by atoms with Gasteiger partial charge in [-0.3, -0.25) is 0 Å². The molecule has 0 atom stereocenters. The highest BCUT2D eigenvalue weighted by Crippen LogP contribution is 1.97. The predicted molar refractivity (Wildman–Crippen MR) is 91.9 cm³/mol. The van der Waals surface area contributed by atoms with Gasteiger partial charge in [0.15, 0.2) is 0 Å². The summed E-state index contributed by atoms with van der Waals surface area (Å²) in [5, 5.41) is 5.15. The molecule has 0 aromatic heterocycles. The number of urea groups is 2. The van der Waals surface area contributed by atoms with E-state index in [1.54, 1.807) is 13.8 Å². The molecule has 0 aliphatic rings. The molecule has 0 radical (unpaired) electrons. The van der Waals surface area contributed by atoms with Crippen molar-refractivity contribution >= 4 is 24.2 Å². The largest absolute Gasteiger partial charge is 0.449 e. The van der Waals surface area contributed by atoms with Gasteiger partial charge in [-0.15, -0.1) is 0 Å². The Hall–Kier alpha value is -2.92. The molecule has 0 unspecified atom stereocenters. The first-order valence-corrected chi connectivity index (χ1v) is 8.42. The van der Waals surface area contributed by atoms with Crippen molar-refractivity contribution in [2.45, 2.75) is 39.5 Å². The second-order valence-electron chi connectivity index (χ2n) is 4.87. The van der Waals surface area contributed by atoms with Gasteiger partial charge in [-0.1, -0.05) is 12.8 Å². The highest BCUT2D eigenvalue weighted by Gasteiger charge is 2.04. The second kappa shape index (κ2) is 15.6. The molecule has 12 nitrogen and oxygen atoms in total. The van der Waals surface area contributed by atoms with Crippen molar-refractivity contribution in [1.82, 2.24) is 32.3 Å². The van der Waals surface area contributed by atoms with Crippen LogP contribution < -0.4 is 32.3 Å². The number of hydrazine groups is 2. The summed E-state index contributed by atoms with van der Waals surface area (Å²) in [6, 6.07) is -1.05. The van der Waals surface area contributed by atoms with Crippen LogP contribution >= 0.6 is 0 Å². The maximum atomic E-state index is 11.3. The van der Waals surface area contributed by atoms with Crippen LogP contribution in [0.4, 0.5) is 19.2 Å². The third kappa shape index (κ3) is 14.7. The number of amides is 6. The van der Waals surface area contributed by atoms with Crippen LogP contribution in [0.15, 0.2) is 0 Å². The van der Waals surface area contributed by atoms with Gasteiger partial charge in [-0.2, -0.15) is 0 Å². The van der Waals surface area contributed by atoms with Crippen molar-refractivity contribution in [3.05, 3.63) is 0 Å². The van der Waals surface area contributed by atoms with Gasteiger partial charge in [0.2, 0.25) is 0 Å². The molecule has 0 rings (SSSR count). The van der Waals surface area contributed by atoms with E-state index >= 15 is 0 Å². The zero-order valence-electron chi connectivity index (χ0n) is 15.1. The third-order valence-corrected chi connectivity index (χ3v) is 2.78. The topological polar surface area (TPSA) is 159 Å². The molecule has 0 aliphatic heterocycles. The number of ether oxygens (including phenoxy) is 2. The molecule has 26 heavy (non-hydrogen) atoms. The van der Waals surface area contributed by atoms with Crippen LogP contribution in [-0.4, -0.2) is 50.6 Å².